The van der Waals surface area contributed by atoms with E-state index in [0.717, 1.165) is 0 Å². The van der Waals surface area contributed by atoms with E-state index in [9.17, 15) is 14.4 Å². The molecule has 6 nitrogen and oxygen atoms in total. The summed E-state index contributed by atoms with van der Waals surface area (Å²) in [6.45, 7) is 1.54. The van der Waals surface area contributed by atoms with Crippen molar-refractivity contribution in [3.05, 3.63) is 69.7 Å². The van der Waals surface area contributed by atoms with E-state index < -0.39 is 24.5 Å². The van der Waals surface area contributed by atoms with Crippen molar-refractivity contribution in [3.8, 4) is 0 Å². The number of carbonyl (C=O) groups excluding carboxylic acids is 3. The van der Waals surface area contributed by atoms with E-state index in [2.05, 4.69) is 5.32 Å². The van der Waals surface area contributed by atoms with Gasteiger partial charge in [-0.3, -0.25) is 4.79 Å². The Kier molecular flexibility index (Phi) is 8.04. The summed E-state index contributed by atoms with van der Waals surface area (Å²) in [5, 5.41) is 3.34. The van der Waals surface area contributed by atoms with Crippen LogP contribution in [0.5, 0.6) is 0 Å². The fourth-order valence-electron chi connectivity index (χ4n) is 2.07. The molecule has 0 radical (unpaired) electrons. The Balaban J connectivity index is 1.81. The van der Waals surface area contributed by atoms with Crippen molar-refractivity contribution in [2.75, 3.05) is 18.5 Å². The van der Waals surface area contributed by atoms with Gasteiger partial charge in [0.15, 0.2) is 6.61 Å². The zero-order valence-electron chi connectivity index (χ0n) is 14.9. The van der Waals surface area contributed by atoms with Gasteiger partial charge in [0.2, 0.25) is 0 Å². The van der Waals surface area contributed by atoms with Gasteiger partial charge in [-0.1, -0.05) is 29.3 Å². The molecule has 8 heteroatoms. The average molecular weight is 422 g/mol. The number of hydrogen-bond donors (Lipinski definition) is 1. The number of benzene rings is 2. The number of ether oxygens (including phenoxy) is 2. The molecule has 0 heterocycles. The largest absolute Gasteiger partial charge is 0.462 e. The number of amides is 1. The minimum atomic E-state index is -0.682. The number of halogens is 2. The molecule has 1 N–H and O–H groups in total. The third-order valence-electron chi connectivity index (χ3n) is 3.38. The molecule has 28 heavy (non-hydrogen) atoms. The zero-order valence-corrected chi connectivity index (χ0v) is 16.4. The van der Waals surface area contributed by atoms with Crippen LogP contribution >= 0.6 is 23.2 Å². The summed E-state index contributed by atoms with van der Waals surface area (Å²) in [5.74, 6) is -1.64. The first kappa shape index (κ1) is 21.5. The van der Waals surface area contributed by atoms with Crippen molar-refractivity contribution in [1.82, 2.24) is 0 Å². The monoisotopic (exact) mass is 421 g/mol. The van der Waals surface area contributed by atoms with Crippen molar-refractivity contribution in [2.24, 2.45) is 0 Å². The van der Waals surface area contributed by atoms with Crippen LogP contribution in [0.2, 0.25) is 10.0 Å². The molecule has 1 amide bonds. The zero-order chi connectivity index (χ0) is 20.5. The van der Waals surface area contributed by atoms with Gasteiger partial charge >= 0.3 is 11.9 Å². The van der Waals surface area contributed by atoms with E-state index in [4.69, 9.17) is 32.7 Å². The van der Waals surface area contributed by atoms with Crippen molar-refractivity contribution in [3.63, 3.8) is 0 Å². The van der Waals surface area contributed by atoms with E-state index in [1.165, 1.54) is 24.3 Å². The topological polar surface area (TPSA) is 81.7 Å². The van der Waals surface area contributed by atoms with E-state index in [0.29, 0.717) is 26.9 Å². The highest BCUT2D eigenvalue weighted by Gasteiger charge is 2.08. The number of rotatable bonds is 7. The maximum Gasteiger partial charge on any atom is 0.338 e. The molecule has 0 aliphatic carbocycles. The van der Waals surface area contributed by atoms with Crippen molar-refractivity contribution in [2.45, 2.75) is 6.92 Å². The molecule has 0 bridgehead atoms. The predicted molar refractivity (Wildman–Crippen MR) is 107 cm³/mol. The Labute approximate surface area is 172 Å². The first-order valence-corrected chi connectivity index (χ1v) is 9.01. The Morgan fingerprint density at radius 3 is 2.36 bits per heavy atom. The van der Waals surface area contributed by atoms with Crippen LogP contribution in [0.3, 0.4) is 0 Å². The average Bonchev–Trinajstić information content (AvgIpc) is 2.68. The van der Waals surface area contributed by atoms with E-state index in [1.807, 2.05) is 0 Å². The fourth-order valence-corrected chi connectivity index (χ4v) is 2.37. The quantitative estimate of drug-likeness (QED) is 0.530. The van der Waals surface area contributed by atoms with Gasteiger partial charge in [0.25, 0.3) is 5.91 Å². The summed E-state index contributed by atoms with van der Waals surface area (Å²) < 4.78 is 9.75. The van der Waals surface area contributed by atoms with Crippen molar-refractivity contribution < 1.29 is 23.9 Å². The Morgan fingerprint density at radius 1 is 1.00 bits per heavy atom. The Bertz CT molecular complexity index is 894. The van der Waals surface area contributed by atoms with Gasteiger partial charge in [-0.25, -0.2) is 9.59 Å². The van der Waals surface area contributed by atoms with Gasteiger partial charge in [-0.05, 0) is 55.0 Å². The number of hydrogen-bond acceptors (Lipinski definition) is 5. The van der Waals surface area contributed by atoms with Crippen LogP contribution in [0, 0.1) is 0 Å². The molecule has 146 valence electrons. The molecule has 0 aliphatic heterocycles. The molecular formula is C20H17Cl2NO5. The molecule has 0 aliphatic rings. The second kappa shape index (κ2) is 10.5. The minimum absolute atomic E-state index is 0.280. The number of carbonyl (C=O) groups is 3. The van der Waals surface area contributed by atoms with E-state index in [1.54, 1.807) is 37.3 Å². The van der Waals surface area contributed by atoms with Crippen LogP contribution in [-0.2, 0) is 19.1 Å². The standard InChI is InChI=1S/C20H17Cl2NO5/c1-2-27-20(26)14-5-7-15(8-6-14)23-18(24)12-28-19(25)10-4-13-3-9-16(21)17(22)11-13/h3-11H,2,12H2,1H3,(H,23,24)/b10-4+. The SMILES string of the molecule is CCOC(=O)c1ccc(NC(=O)COC(=O)/C=C/c2ccc(Cl)c(Cl)c2)cc1. The molecule has 0 atom stereocenters. The lowest BCUT2D eigenvalue weighted by molar-refractivity contribution is -0.142. The third-order valence-corrected chi connectivity index (χ3v) is 4.12. The van der Waals surface area contributed by atoms with Crippen LogP contribution in [0.15, 0.2) is 48.5 Å². The van der Waals surface area contributed by atoms with Crippen LogP contribution in [-0.4, -0.2) is 31.1 Å². The van der Waals surface area contributed by atoms with Gasteiger partial charge < -0.3 is 14.8 Å². The molecule has 0 saturated heterocycles. The first-order valence-electron chi connectivity index (χ1n) is 8.26. The second-order valence-corrected chi connectivity index (χ2v) is 6.27. The Hall–Kier alpha value is -2.83. The summed E-state index contributed by atoms with van der Waals surface area (Å²) in [5.41, 5.74) is 1.50. The molecule has 0 saturated carbocycles. The Morgan fingerprint density at radius 2 is 1.71 bits per heavy atom. The summed E-state index contributed by atoms with van der Waals surface area (Å²) >= 11 is 11.7. The number of esters is 2. The molecule has 0 fully saturated rings. The summed E-state index contributed by atoms with van der Waals surface area (Å²) in [7, 11) is 0. The lowest BCUT2D eigenvalue weighted by Crippen LogP contribution is -2.20. The molecule has 2 aromatic carbocycles. The van der Waals surface area contributed by atoms with Crippen LogP contribution < -0.4 is 5.32 Å². The second-order valence-electron chi connectivity index (χ2n) is 5.46. The predicted octanol–water partition coefficient (Wildman–Crippen LogP) is 4.37. The third kappa shape index (κ3) is 6.72. The van der Waals surface area contributed by atoms with Gasteiger partial charge in [-0.2, -0.15) is 0 Å². The van der Waals surface area contributed by atoms with Gasteiger partial charge in [0.05, 0.1) is 22.2 Å². The summed E-state index contributed by atoms with van der Waals surface area (Å²) in [6, 6.07) is 11.0. The highest BCUT2D eigenvalue weighted by molar-refractivity contribution is 6.42. The molecule has 0 spiro atoms. The van der Waals surface area contributed by atoms with E-state index in [-0.39, 0.29) is 6.61 Å². The van der Waals surface area contributed by atoms with Crippen LogP contribution in [0.4, 0.5) is 5.69 Å². The summed E-state index contributed by atoms with van der Waals surface area (Å²) in [6.07, 6.45) is 2.68. The minimum Gasteiger partial charge on any atom is -0.462 e. The lowest BCUT2D eigenvalue weighted by atomic mass is 10.2. The van der Waals surface area contributed by atoms with Crippen molar-refractivity contribution >= 4 is 52.8 Å². The lowest BCUT2D eigenvalue weighted by Gasteiger charge is -2.06. The highest BCUT2D eigenvalue weighted by Crippen LogP contribution is 2.23. The van der Waals surface area contributed by atoms with Crippen molar-refractivity contribution in [1.29, 1.82) is 0 Å². The molecule has 2 aromatic rings. The van der Waals surface area contributed by atoms with Gasteiger partial charge in [-0.15, -0.1) is 0 Å². The fraction of sp³-hybridized carbons (Fsp3) is 0.150. The number of anilines is 1. The van der Waals surface area contributed by atoms with Crippen LogP contribution in [0.1, 0.15) is 22.8 Å². The van der Waals surface area contributed by atoms with Gasteiger partial charge in [0, 0.05) is 11.8 Å². The molecule has 0 unspecified atom stereocenters. The van der Waals surface area contributed by atoms with E-state index >= 15 is 0 Å². The van der Waals surface area contributed by atoms with Crippen LogP contribution in [0.25, 0.3) is 6.08 Å². The molecule has 0 aromatic heterocycles. The molecular weight excluding hydrogens is 405 g/mol. The normalized spacial score (nSPS) is 10.5. The first-order chi connectivity index (χ1) is 13.4. The maximum absolute atomic E-state index is 11.9. The number of nitrogens with one attached hydrogen (secondary N) is 1. The summed E-state index contributed by atoms with van der Waals surface area (Å²) in [4.78, 5) is 35.1. The molecule has 2 rings (SSSR count). The van der Waals surface area contributed by atoms with Gasteiger partial charge in [0.1, 0.15) is 0 Å². The highest BCUT2D eigenvalue weighted by atomic mass is 35.5. The smallest absolute Gasteiger partial charge is 0.338 e. The maximum atomic E-state index is 11.9.